The molecule has 1 N–H and O–H groups in total. The van der Waals surface area contributed by atoms with E-state index in [1.807, 2.05) is 13.8 Å². The molecule has 1 rings (SSSR count). The minimum atomic E-state index is -0.137. The van der Waals surface area contributed by atoms with Gasteiger partial charge in [-0.2, -0.15) is 0 Å². The number of aliphatic imine (C=N–C) groups is 1. The molecule has 0 aromatic carbocycles. The molecule has 0 fully saturated rings. The Bertz CT molecular complexity index is 257. The van der Waals surface area contributed by atoms with E-state index >= 15 is 0 Å². The third kappa shape index (κ3) is 2.06. The summed E-state index contributed by atoms with van der Waals surface area (Å²) in [7, 11) is 0. The maximum Gasteiger partial charge on any atom is 0.250 e. The van der Waals surface area contributed by atoms with Gasteiger partial charge in [0.1, 0.15) is 0 Å². The molecule has 0 aromatic heterocycles. The van der Waals surface area contributed by atoms with Gasteiger partial charge >= 0.3 is 0 Å². The highest BCUT2D eigenvalue weighted by atomic mass is 16.1. The molecule has 0 saturated heterocycles. The van der Waals surface area contributed by atoms with Crippen molar-refractivity contribution in [2.24, 2.45) is 10.9 Å². The quantitative estimate of drug-likeness (QED) is 0.591. The molecule has 1 heterocycles. The number of rotatable bonds is 1. The van der Waals surface area contributed by atoms with E-state index < -0.39 is 0 Å². The van der Waals surface area contributed by atoms with E-state index in [1.165, 1.54) is 12.3 Å². The van der Waals surface area contributed by atoms with Gasteiger partial charge in [0.15, 0.2) is 0 Å². The number of hydrogen-bond acceptors (Lipinski definition) is 2. The second-order valence-electron chi connectivity index (χ2n) is 2.62. The predicted molar refractivity (Wildman–Crippen MR) is 43.1 cm³/mol. The van der Waals surface area contributed by atoms with Gasteiger partial charge in [0, 0.05) is 11.9 Å². The Morgan fingerprint density at radius 2 is 2.36 bits per heavy atom. The summed E-state index contributed by atoms with van der Waals surface area (Å²) in [6, 6.07) is 0. The van der Waals surface area contributed by atoms with Gasteiger partial charge in [-0.25, -0.2) is 4.99 Å². The van der Waals surface area contributed by atoms with Crippen molar-refractivity contribution in [3.05, 3.63) is 18.0 Å². The molecule has 1 aliphatic heterocycles. The molecule has 0 saturated carbocycles. The summed E-state index contributed by atoms with van der Waals surface area (Å²) < 4.78 is 0. The predicted octanol–water partition coefficient (Wildman–Crippen LogP) is 0.839. The van der Waals surface area contributed by atoms with E-state index in [0.29, 0.717) is 0 Å². The monoisotopic (exact) mass is 150 g/mol. The van der Waals surface area contributed by atoms with Gasteiger partial charge < -0.3 is 5.32 Å². The van der Waals surface area contributed by atoms with Gasteiger partial charge in [-0.1, -0.05) is 13.8 Å². The largest absolute Gasteiger partial charge is 0.321 e. The van der Waals surface area contributed by atoms with E-state index in [0.717, 1.165) is 5.70 Å². The summed E-state index contributed by atoms with van der Waals surface area (Å²) in [6.45, 7) is 3.96. The van der Waals surface area contributed by atoms with E-state index in [2.05, 4.69) is 16.2 Å². The molecule has 3 nitrogen and oxygen atoms in total. The van der Waals surface area contributed by atoms with Crippen LogP contribution in [0.2, 0.25) is 0 Å². The summed E-state index contributed by atoms with van der Waals surface area (Å²) in [5, 5.41) is 2.48. The minimum Gasteiger partial charge on any atom is -0.321 e. The van der Waals surface area contributed by atoms with E-state index in [1.54, 1.807) is 0 Å². The fraction of sp³-hybridized carbons (Fsp3) is 0.375. The van der Waals surface area contributed by atoms with Gasteiger partial charge in [0.2, 0.25) is 5.91 Å². The zero-order valence-corrected chi connectivity index (χ0v) is 6.59. The molecule has 58 valence electrons. The molecular formula is C8H10N2O. The van der Waals surface area contributed by atoms with Crippen LogP contribution in [-0.4, -0.2) is 11.8 Å². The maximum atomic E-state index is 10.9. The molecule has 0 atom stereocenters. The Labute approximate surface area is 65.5 Å². The number of carbonyl (C=O) groups is 1. The summed E-state index contributed by atoms with van der Waals surface area (Å²) in [4.78, 5) is 14.8. The van der Waals surface area contributed by atoms with Crippen LogP contribution in [-0.2, 0) is 4.79 Å². The lowest BCUT2D eigenvalue weighted by Crippen LogP contribution is -2.13. The van der Waals surface area contributed by atoms with Gasteiger partial charge in [0.25, 0.3) is 0 Å². The van der Waals surface area contributed by atoms with Crippen LogP contribution < -0.4 is 5.32 Å². The smallest absolute Gasteiger partial charge is 0.250 e. The zero-order chi connectivity index (χ0) is 8.27. The van der Waals surface area contributed by atoms with Crippen molar-refractivity contribution in [2.75, 3.05) is 0 Å². The molecule has 0 spiro atoms. The van der Waals surface area contributed by atoms with Gasteiger partial charge in [-0.05, 0) is 5.92 Å². The van der Waals surface area contributed by atoms with Crippen LogP contribution in [0.15, 0.2) is 23.0 Å². The third-order valence-corrected chi connectivity index (χ3v) is 1.34. The summed E-state index contributed by atoms with van der Waals surface area (Å²) in [6.07, 6.45) is 2.90. The lowest BCUT2D eigenvalue weighted by molar-refractivity contribution is -0.115. The van der Waals surface area contributed by atoms with Crippen LogP contribution in [0.4, 0.5) is 0 Å². The van der Waals surface area contributed by atoms with Crippen molar-refractivity contribution in [3.63, 3.8) is 0 Å². The minimum absolute atomic E-state index is 0.137. The SMILES string of the molecule is CC(C)C1=CC(=O)NC=C=N1. The topological polar surface area (TPSA) is 41.5 Å². The lowest BCUT2D eigenvalue weighted by atomic mass is 10.1. The summed E-state index contributed by atoms with van der Waals surface area (Å²) in [5.74, 6) is 2.74. The van der Waals surface area contributed by atoms with Crippen LogP contribution in [0.5, 0.6) is 0 Å². The van der Waals surface area contributed by atoms with Crippen LogP contribution in [0.3, 0.4) is 0 Å². The lowest BCUT2D eigenvalue weighted by Gasteiger charge is -2.00. The standard InChI is InChI=1S/C8H10N2O/c1-6(2)7-5-8(11)10-4-3-9-7/h4-6H,1-2H3,(H,10,11). The van der Waals surface area contributed by atoms with Crippen molar-refractivity contribution in [3.8, 4) is 0 Å². The molecule has 0 radical (unpaired) electrons. The second kappa shape index (κ2) is 3.17. The number of allylic oxidation sites excluding steroid dienone is 1. The molecule has 1 aliphatic rings. The zero-order valence-electron chi connectivity index (χ0n) is 6.59. The average Bonchev–Trinajstić information content (AvgIpc) is 2.13. The number of amides is 1. The molecule has 0 aromatic rings. The average molecular weight is 150 g/mol. The molecule has 0 aliphatic carbocycles. The Hall–Kier alpha value is -1.34. The number of carbonyl (C=O) groups excluding carboxylic acids is 1. The van der Waals surface area contributed by atoms with E-state index in [-0.39, 0.29) is 11.8 Å². The molecule has 1 amide bonds. The fourth-order valence-corrected chi connectivity index (χ4v) is 0.714. The van der Waals surface area contributed by atoms with Crippen molar-refractivity contribution >= 4 is 11.8 Å². The number of hydrogen-bond donors (Lipinski definition) is 1. The molecule has 11 heavy (non-hydrogen) atoms. The van der Waals surface area contributed by atoms with Crippen molar-refractivity contribution < 1.29 is 4.79 Å². The van der Waals surface area contributed by atoms with Crippen LogP contribution in [0.25, 0.3) is 0 Å². The first-order valence-electron chi connectivity index (χ1n) is 3.50. The van der Waals surface area contributed by atoms with Crippen molar-refractivity contribution in [1.82, 2.24) is 5.32 Å². The highest BCUT2D eigenvalue weighted by Crippen LogP contribution is 2.10. The molecule has 0 unspecified atom stereocenters. The van der Waals surface area contributed by atoms with E-state index in [4.69, 9.17) is 0 Å². The first-order valence-corrected chi connectivity index (χ1v) is 3.50. The Balaban J connectivity index is 2.92. The number of nitrogens with one attached hydrogen (secondary N) is 1. The molecule has 3 heteroatoms. The molecule has 0 bridgehead atoms. The third-order valence-electron chi connectivity index (χ3n) is 1.34. The van der Waals surface area contributed by atoms with Crippen molar-refractivity contribution in [1.29, 1.82) is 0 Å². The van der Waals surface area contributed by atoms with Gasteiger partial charge in [0.05, 0.1) is 11.9 Å². The normalized spacial score (nSPS) is 16.3. The first-order chi connectivity index (χ1) is 5.20. The fourth-order valence-electron chi connectivity index (χ4n) is 0.714. The number of nitrogens with zero attached hydrogens (tertiary/aromatic N) is 1. The highest BCUT2D eigenvalue weighted by Gasteiger charge is 2.04. The Kier molecular flexibility index (Phi) is 2.24. The first kappa shape index (κ1) is 7.76. The Morgan fingerprint density at radius 3 is 3.00 bits per heavy atom. The van der Waals surface area contributed by atoms with E-state index in [9.17, 15) is 4.79 Å². The van der Waals surface area contributed by atoms with Gasteiger partial charge in [-0.15, -0.1) is 0 Å². The Morgan fingerprint density at radius 1 is 1.64 bits per heavy atom. The maximum absolute atomic E-state index is 10.9. The van der Waals surface area contributed by atoms with Crippen molar-refractivity contribution in [2.45, 2.75) is 13.8 Å². The van der Waals surface area contributed by atoms with Gasteiger partial charge in [-0.3, -0.25) is 4.79 Å². The summed E-state index contributed by atoms with van der Waals surface area (Å²) in [5.41, 5.74) is 0.760. The van der Waals surface area contributed by atoms with Crippen LogP contribution in [0, 0.1) is 5.92 Å². The summed E-state index contributed by atoms with van der Waals surface area (Å²) >= 11 is 0. The highest BCUT2D eigenvalue weighted by molar-refractivity contribution is 5.91. The van der Waals surface area contributed by atoms with Crippen LogP contribution >= 0.6 is 0 Å². The molecular weight excluding hydrogens is 140 g/mol. The second-order valence-corrected chi connectivity index (χ2v) is 2.62. The van der Waals surface area contributed by atoms with Crippen LogP contribution in [0.1, 0.15) is 13.8 Å².